The summed E-state index contributed by atoms with van der Waals surface area (Å²) in [7, 11) is 0. The first-order valence-electron chi connectivity index (χ1n) is 6.69. The van der Waals surface area contributed by atoms with E-state index in [-0.39, 0.29) is 5.69 Å². The molecule has 1 fully saturated rings. The summed E-state index contributed by atoms with van der Waals surface area (Å²) in [5.41, 5.74) is 0.935. The Balaban J connectivity index is 2.28. The lowest BCUT2D eigenvalue weighted by atomic mass is 9.93. The van der Waals surface area contributed by atoms with Crippen LogP contribution in [0.5, 0.6) is 0 Å². The average molecular weight is 248 g/mol. The van der Waals surface area contributed by atoms with Crippen molar-refractivity contribution in [1.29, 1.82) is 0 Å². The number of hydrogen-bond acceptors (Lipinski definition) is 3. The van der Waals surface area contributed by atoms with Crippen LogP contribution >= 0.6 is 0 Å². The fraction of sp³-hybridized carbons (Fsp3) is 0.571. The van der Waals surface area contributed by atoms with Crippen LogP contribution in [0.3, 0.4) is 0 Å². The Labute approximate surface area is 108 Å². The molecule has 4 nitrogen and oxygen atoms in total. The zero-order valence-corrected chi connectivity index (χ0v) is 10.8. The maximum atomic E-state index is 11.2. The zero-order valence-electron chi connectivity index (χ0n) is 10.8. The van der Waals surface area contributed by atoms with E-state index in [1.54, 1.807) is 6.20 Å². The fourth-order valence-electron chi connectivity index (χ4n) is 2.81. The highest BCUT2D eigenvalue weighted by Crippen LogP contribution is 2.28. The summed E-state index contributed by atoms with van der Waals surface area (Å²) in [5.74, 6) is -0.945. The number of carbonyl (C=O) groups is 1. The molecule has 0 aliphatic heterocycles. The van der Waals surface area contributed by atoms with Crippen molar-refractivity contribution in [3.05, 3.63) is 24.0 Å². The minimum Gasteiger partial charge on any atom is -0.476 e. The Morgan fingerprint density at radius 2 is 2.17 bits per heavy atom. The number of carboxylic acid groups (broad SMARTS) is 1. The smallest absolute Gasteiger partial charge is 0.356 e. The van der Waals surface area contributed by atoms with Gasteiger partial charge in [-0.3, -0.25) is 0 Å². The summed E-state index contributed by atoms with van der Waals surface area (Å²) in [6.45, 7) is 2.91. The molecule has 0 amide bonds. The SMILES string of the molecule is CCN(c1cccnc1C(=O)O)C1CCCCC1. The summed E-state index contributed by atoms with van der Waals surface area (Å²) in [6, 6.07) is 4.15. The van der Waals surface area contributed by atoms with Gasteiger partial charge in [-0.15, -0.1) is 0 Å². The largest absolute Gasteiger partial charge is 0.476 e. The molecular weight excluding hydrogens is 228 g/mol. The van der Waals surface area contributed by atoms with Crippen LogP contribution in [-0.2, 0) is 0 Å². The van der Waals surface area contributed by atoms with Crippen LogP contribution in [0, 0.1) is 0 Å². The Kier molecular flexibility index (Phi) is 4.18. The van der Waals surface area contributed by atoms with Gasteiger partial charge in [0, 0.05) is 18.8 Å². The van der Waals surface area contributed by atoms with E-state index in [1.807, 2.05) is 12.1 Å². The van der Waals surface area contributed by atoms with E-state index in [0.29, 0.717) is 6.04 Å². The molecule has 98 valence electrons. The molecule has 2 rings (SSSR count). The molecule has 4 heteroatoms. The van der Waals surface area contributed by atoms with E-state index in [4.69, 9.17) is 0 Å². The van der Waals surface area contributed by atoms with E-state index >= 15 is 0 Å². The van der Waals surface area contributed by atoms with Crippen molar-refractivity contribution in [3.63, 3.8) is 0 Å². The highest BCUT2D eigenvalue weighted by Gasteiger charge is 2.24. The highest BCUT2D eigenvalue weighted by atomic mass is 16.4. The first kappa shape index (κ1) is 12.9. The molecule has 0 saturated heterocycles. The van der Waals surface area contributed by atoms with Crippen LogP contribution < -0.4 is 4.90 Å². The molecule has 0 atom stereocenters. The molecule has 1 aliphatic carbocycles. The lowest BCUT2D eigenvalue weighted by molar-refractivity contribution is 0.0691. The van der Waals surface area contributed by atoms with Crippen molar-refractivity contribution in [2.24, 2.45) is 0 Å². The second kappa shape index (κ2) is 5.85. The maximum absolute atomic E-state index is 11.2. The highest BCUT2D eigenvalue weighted by molar-refractivity contribution is 5.92. The molecule has 0 unspecified atom stereocenters. The third-order valence-electron chi connectivity index (χ3n) is 3.65. The van der Waals surface area contributed by atoms with Gasteiger partial charge in [0.05, 0.1) is 5.69 Å². The quantitative estimate of drug-likeness (QED) is 0.890. The van der Waals surface area contributed by atoms with Crippen LogP contribution in [0.2, 0.25) is 0 Å². The van der Waals surface area contributed by atoms with E-state index < -0.39 is 5.97 Å². The number of rotatable bonds is 4. The molecule has 1 aliphatic rings. The second-order valence-corrected chi connectivity index (χ2v) is 4.75. The van der Waals surface area contributed by atoms with Crippen LogP contribution in [-0.4, -0.2) is 28.6 Å². The van der Waals surface area contributed by atoms with E-state index in [9.17, 15) is 9.90 Å². The van der Waals surface area contributed by atoms with Gasteiger partial charge in [-0.25, -0.2) is 9.78 Å². The van der Waals surface area contributed by atoms with Gasteiger partial charge in [-0.05, 0) is 31.9 Å². The minimum absolute atomic E-state index is 0.171. The molecule has 1 aromatic rings. The first-order chi connectivity index (χ1) is 8.74. The van der Waals surface area contributed by atoms with Crippen LogP contribution in [0.1, 0.15) is 49.5 Å². The number of anilines is 1. The predicted octanol–water partition coefficient (Wildman–Crippen LogP) is 2.94. The van der Waals surface area contributed by atoms with Gasteiger partial charge in [0.1, 0.15) is 0 Å². The number of pyridine rings is 1. The molecule has 0 radical (unpaired) electrons. The molecule has 0 spiro atoms. The summed E-state index contributed by atoms with van der Waals surface area (Å²) in [6.07, 6.45) is 7.63. The molecule has 1 heterocycles. The summed E-state index contributed by atoms with van der Waals surface area (Å²) in [5, 5.41) is 9.22. The van der Waals surface area contributed by atoms with Crippen LogP contribution in [0.4, 0.5) is 5.69 Å². The Bertz CT molecular complexity index is 414. The fourth-order valence-corrected chi connectivity index (χ4v) is 2.81. The number of nitrogens with zero attached hydrogens (tertiary/aromatic N) is 2. The lowest BCUT2D eigenvalue weighted by Gasteiger charge is -2.35. The molecule has 1 N–H and O–H groups in total. The zero-order chi connectivity index (χ0) is 13.0. The second-order valence-electron chi connectivity index (χ2n) is 4.75. The molecule has 0 bridgehead atoms. The third kappa shape index (κ3) is 2.63. The monoisotopic (exact) mass is 248 g/mol. The van der Waals surface area contributed by atoms with Gasteiger partial charge in [-0.1, -0.05) is 19.3 Å². The van der Waals surface area contributed by atoms with Gasteiger partial charge in [0.25, 0.3) is 0 Å². The lowest BCUT2D eigenvalue weighted by Crippen LogP contribution is -2.37. The molecule has 0 aromatic carbocycles. The van der Waals surface area contributed by atoms with Crippen molar-refractivity contribution in [2.75, 3.05) is 11.4 Å². The van der Waals surface area contributed by atoms with E-state index in [2.05, 4.69) is 16.8 Å². The first-order valence-corrected chi connectivity index (χ1v) is 6.69. The normalized spacial score (nSPS) is 16.5. The van der Waals surface area contributed by atoms with Gasteiger partial charge in [0.15, 0.2) is 5.69 Å². The summed E-state index contributed by atoms with van der Waals surface area (Å²) >= 11 is 0. The van der Waals surface area contributed by atoms with Gasteiger partial charge < -0.3 is 10.0 Å². The summed E-state index contributed by atoms with van der Waals surface area (Å²) in [4.78, 5) is 17.4. The maximum Gasteiger partial charge on any atom is 0.356 e. The average Bonchev–Trinajstić information content (AvgIpc) is 2.41. The standard InChI is InChI=1S/C14H20N2O2/c1-2-16(11-7-4-3-5-8-11)12-9-6-10-15-13(12)14(17)18/h6,9-11H,2-5,7-8H2,1H3,(H,17,18). The van der Waals surface area contributed by atoms with Crippen molar-refractivity contribution in [1.82, 2.24) is 4.98 Å². The van der Waals surface area contributed by atoms with Crippen molar-refractivity contribution >= 4 is 11.7 Å². The van der Waals surface area contributed by atoms with Crippen molar-refractivity contribution in [3.8, 4) is 0 Å². The predicted molar refractivity (Wildman–Crippen MR) is 71.1 cm³/mol. The topological polar surface area (TPSA) is 53.4 Å². The van der Waals surface area contributed by atoms with Crippen molar-refractivity contribution < 1.29 is 9.90 Å². The van der Waals surface area contributed by atoms with Crippen LogP contribution in [0.25, 0.3) is 0 Å². The van der Waals surface area contributed by atoms with E-state index in [0.717, 1.165) is 25.1 Å². The number of aromatic nitrogens is 1. The molecule has 1 saturated carbocycles. The third-order valence-corrected chi connectivity index (χ3v) is 3.65. The van der Waals surface area contributed by atoms with Crippen LogP contribution in [0.15, 0.2) is 18.3 Å². The number of carboxylic acids is 1. The number of aromatic carboxylic acids is 1. The Morgan fingerprint density at radius 1 is 1.44 bits per heavy atom. The molecule has 18 heavy (non-hydrogen) atoms. The summed E-state index contributed by atoms with van der Waals surface area (Å²) < 4.78 is 0. The van der Waals surface area contributed by atoms with E-state index in [1.165, 1.54) is 19.3 Å². The van der Waals surface area contributed by atoms with Gasteiger partial charge in [0.2, 0.25) is 0 Å². The molecule has 1 aromatic heterocycles. The Hall–Kier alpha value is -1.58. The number of hydrogen-bond donors (Lipinski definition) is 1. The van der Waals surface area contributed by atoms with Gasteiger partial charge in [-0.2, -0.15) is 0 Å². The van der Waals surface area contributed by atoms with Crippen molar-refractivity contribution in [2.45, 2.75) is 45.1 Å². The Morgan fingerprint density at radius 3 is 2.78 bits per heavy atom. The minimum atomic E-state index is -0.945. The molecular formula is C14H20N2O2. The van der Waals surface area contributed by atoms with Gasteiger partial charge >= 0.3 is 5.97 Å².